The molecule has 1 saturated carbocycles. The van der Waals surface area contributed by atoms with Gasteiger partial charge in [-0.3, -0.25) is 4.79 Å². The molecule has 3 unspecified atom stereocenters. The monoisotopic (exact) mass is 257 g/mol. The molecule has 106 valence electrons. The average molecular weight is 257 g/mol. The molecule has 0 aromatic carbocycles. The van der Waals surface area contributed by atoms with Crippen LogP contribution in [0.1, 0.15) is 53.4 Å². The van der Waals surface area contributed by atoms with Crippen LogP contribution in [0, 0.1) is 5.92 Å². The van der Waals surface area contributed by atoms with E-state index in [-0.39, 0.29) is 18.1 Å². The maximum absolute atomic E-state index is 11.6. The van der Waals surface area contributed by atoms with Crippen LogP contribution >= 0.6 is 0 Å². The van der Waals surface area contributed by atoms with E-state index in [1.54, 1.807) is 0 Å². The van der Waals surface area contributed by atoms with Crippen molar-refractivity contribution < 1.29 is 14.6 Å². The summed E-state index contributed by atoms with van der Waals surface area (Å²) in [6, 6.07) is 0.0904. The Hall–Kier alpha value is -0.610. The summed E-state index contributed by atoms with van der Waals surface area (Å²) in [5, 5.41) is 13.0. The average Bonchev–Trinajstić information content (AvgIpc) is 2.57. The summed E-state index contributed by atoms with van der Waals surface area (Å²) >= 11 is 0. The molecule has 3 atom stereocenters. The van der Waals surface area contributed by atoms with E-state index < -0.39 is 5.60 Å². The fraction of sp³-hybridized carbons (Fsp3) is 0.929. The molecule has 0 aromatic rings. The first kappa shape index (κ1) is 15.4. The summed E-state index contributed by atoms with van der Waals surface area (Å²) < 4.78 is 5.27. The van der Waals surface area contributed by atoms with Gasteiger partial charge in [-0.05, 0) is 46.5 Å². The molecule has 0 heterocycles. The molecular formula is C14H27NO3. The van der Waals surface area contributed by atoms with Crippen molar-refractivity contribution in [2.75, 3.05) is 6.54 Å². The van der Waals surface area contributed by atoms with E-state index in [1.165, 1.54) is 0 Å². The number of aliphatic hydroxyl groups excluding tert-OH is 1. The molecule has 0 amide bonds. The zero-order valence-electron chi connectivity index (χ0n) is 12.0. The number of carbonyl (C=O) groups excluding carboxylic acids is 1. The van der Waals surface area contributed by atoms with Gasteiger partial charge in [0, 0.05) is 12.6 Å². The lowest BCUT2D eigenvalue weighted by Gasteiger charge is -2.22. The quantitative estimate of drug-likeness (QED) is 0.738. The molecule has 0 aromatic heterocycles. The number of nitrogens with one attached hydrogen (secondary N) is 1. The Kier molecular flexibility index (Phi) is 5.60. The Balaban J connectivity index is 2.21. The highest BCUT2D eigenvalue weighted by Crippen LogP contribution is 2.24. The number of esters is 1. The van der Waals surface area contributed by atoms with E-state index in [9.17, 15) is 9.90 Å². The predicted octanol–water partition coefficient (Wildman–Crippen LogP) is 1.86. The summed E-state index contributed by atoms with van der Waals surface area (Å²) in [5.41, 5.74) is -0.418. The van der Waals surface area contributed by atoms with Gasteiger partial charge >= 0.3 is 5.97 Å². The molecular weight excluding hydrogens is 230 g/mol. The van der Waals surface area contributed by atoms with Crippen molar-refractivity contribution in [3.63, 3.8) is 0 Å². The molecule has 0 radical (unpaired) electrons. The second kappa shape index (κ2) is 6.53. The van der Waals surface area contributed by atoms with Crippen LogP contribution in [-0.2, 0) is 9.53 Å². The number of hydrogen-bond donors (Lipinski definition) is 2. The van der Waals surface area contributed by atoms with E-state index in [2.05, 4.69) is 5.32 Å². The minimum Gasteiger partial charge on any atom is -0.460 e. The van der Waals surface area contributed by atoms with Crippen LogP contribution in [0.15, 0.2) is 0 Å². The number of hydrogen-bond acceptors (Lipinski definition) is 4. The Morgan fingerprint density at radius 3 is 2.61 bits per heavy atom. The van der Waals surface area contributed by atoms with Crippen LogP contribution in [0.25, 0.3) is 0 Å². The van der Waals surface area contributed by atoms with Crippen LogP contribution in [0.3, 0.4) is 0 Å². The fourth-order valence-corrected chi connectivity index (χ4v) is 2.31. The molecule has 18 heavy (non-hydrogen) atoms. The lowest BCUT2D eigenvalue weighted by molar-refractivity contribution is -0.155. The summed E-state index contributed by atoms with van der Waals surface area (Å²) in [7, 11) is 0. The number of rotatable bonds is 5. The molecule has 0 bridgehead atoms. The van der Waals surface area contributed by atoms with E-state index in [0.717, 1.165) is 25.8 Å². The van der Waals surface area contributed by atoms with Crippen LogP contribution in [0.2, 0.25) is 0 Å². The molecule has 1 fully saturated rings. The number of ether oxygens (including phenoxy) is 1. The summed E-state index contributed by atoms with van der Waals surface area (Å²) in [6.07, 6.45) is 3.29. The lowest BCUT2D eigenvalue weighted by Crippen LogP contribution is -2.36. The Morgan fingerprint density at radius 2 is 2.11 bits per heavy atom. The van der Waals surface area contributed by atoms with Gasteiger partial charge in [-0.1, -0.05) is 6.42 Å². The number of aliphatic hydroxyl groups is 1. The third-order valence-electron chi connectivity index (χ3n) is 3.24. The molecule has 4 heteroatoms. The van der Waals surface area contributed by atoms with Gasteiger partial charge in [0.15, 0.2) is 0 Å². The van der Waals surface area contributed by atoms with Gasteiger partial charge < -0.3 is 15.2 Å². The van der Waals surface area contributed by atoms with Crippen LogP contribution in [0.5, 0.6) is 0 Å². The Labute approximate surface area is 110 Å². The van der Waals surface area contributed by atoms with Crippen molar-refractivity contribution in [1.29, 1.82) is 0 Å². The predicted molar refractivity (Wildman–Crippen MR) is 71.3 cm³/mol. The normalized spacial score (nSPS) is 26.1. The first-order chi connectivity index (χ1) is 8.28. The molecule has 4 nitrogen and oxygen atoms in total. The maximum Gasteiger partial charge on any atom is 0.307 e. The molecule has 1 rings (SSSR count). The van der Waals surface area contributed by atoms with Gasteiger partial charge in [0.1, 0.15) is 5.60 Å². The van der Waals surface area contributed by atoms with Crippen LogP contribution < -0.4 is 5.32 Å². The van der Waals surface area contributed by atoms with Crippen molar-refractivity contribution in [2.24, 2.45) is 5.92 Å². The van der Waals surface area contributed by atoms with Crippen molar-refractivity contribution in [3.8, 4) is 0 Å². The second-order valence-corrected chi connectivity index (χ2v) is 6.36. The third-order valence-corrected chi connectivity index (χ3v) is 3.24. The van der Waals surface area contributed by atoms with E-state index in [1.807, 2.05) is 27.7 Å². The van der Waals surface area contributed by atoms with Crippen molar-refractivity contribution in [1.82, 2.24) is 5.32 Å². The highest BCUT2D eigenvalue weighted by molar-refractivity contribution is 5.70. The highest BCUT2D eigenvalue weighted by atomic mass is 16.6. The van der Waals surface area contributed by atoms with Gasteiger partial charge in [0.2, 0.25) is 0 Å². The van der Waals surface area contributed by atoms with Crippen LogP contribution in [-0.4, -0.2) is 35.4 Å². The standard InChI is InChI=1S/C14H27NO3/c1-10(8-13(17)18-14(2,3)4)15-9-11-6-5-7-12(11)16/h10-12,15-16H,5-9H2,1-4H3. The van der Waals surface area contributed by atoms with Crippen LogP contribution in [0.4, 0.5) is 0 Å². The van der Waals surface area contributed by atoms with Gasteiger partial charge in [-0.25, -0.2) is 0 Å². The van der Waals surface area contributed by atoms with Crippen molar-refractivity contribution in [3.05, 3.63) is 0 Å². The third kappa shape index (κ3) is 5.83. The van der Waals surface area contributed by atoms with E-state index in [4.69, 9.17) is 4.74 Å². The lowest BCUT2D eigenvalue weighted by atomic mass is 10.1. The minimum absolute atomic E-state index is 0.0904. The van der Waals surface area contributed by atoms with Crippen molar-refractivity contribution in [2.45, 2.75) is 71.1 Å². The smallest absolute Gasteiger partial charge is 0.307 e. The van der Waals surface area contributed by atoms with E-state index >= 15 is 0 Å². The van der Waals surface area contributed by atoms with Gasteiger partial charge in [-0.15, -0.1) is 0 Å². The summed E-state index contributed by atoms with van der Waals surface area (Å²) in [6.45, 7) is 8.38. The zero-order valence-corrected chi connectivity index (χ0v) is 12.0. The molecule has 2 N–H and O–H groups in total. The summed E-state index contributed by atoms with van der Waals surface area (Å²) in [4.78, 5) is 11.6. The first-order valence-corrected chi connectivity index (χ1v) is 6.91. The second-order valence-electron chi connectivity index (χ2n) is 6.36. The molecule has 1 aliphatic carbocycles. The Morgan fingerprint density at radius 1 is 1.44 bits per heavy atom. The molecule has 0 saturated heterocycles. The Bertz CT molecular complexity index is 273. The van der Waals surface area contributed by atoms with Gasteiger partial charge in [-0.2, -0.15) is 0 Å². The first-order valence-electron chi connectivity index (χ1n) is 6.91. The molecule has 0 spiro atoms. The highest BCUT2D eigenvalue weighted by Gasteiger charge is 2.25. The minimum atomic E-state index is -0.418. The molecule has 0 aliphatic heterocycles. The zero-order chi connectivity index (χ0) is 13.8. The van der Waals surface area contributed by atoms with Gasteiger partial charge in [0.25, 0.3) is 0 Å². The maximum atomic E-state index is 11.6. The number of carbonyl (C=O) groups is 1. The van der Waals surface area contributed by atoms with E-state index in [0.29, 0.717) is 12.3 Å². The fourth-order valence-electron chi connectivity index (χ4n) is 2.31. The van der Waals surface area contributed by atoms with Crippen molar-refractivity contribution >= 4 is 5.97 Å². The topological polar surface area (TPSA) is 58.6 Å². The van der Waals surface area contributed by atoms with Gasteiger partial charge in [0.05, 0.1) is 12.5 Å². The summed E-state index contributed by atoms with van der Waals surface area (Å²) in [5.74, 6) is 0.167. The SMILES string of the molecule is CC(CC(=O)OC(C)(C)C)NCC1CCCC1O. The molecule has 1 aliphatic rings. The largest absolute Gasteiger partial charge is 0.460 e.